The van der Waals surface area contributed by atoms with Crippen molar-refractivity contribution in [2.45, 2.75) is 71.5 Å². The number of benzene rings is 1. The van der Waals surface area contributed by atoms with Gasteiger partial charge in [0, 0.05) is 35.1 Å². The molecule has 10 nitrogen and oxygen atoms in total. The molecule has 12 heteroatoms. The molecule has 40 heavy (non-hydrogen) atoms. The van der Waals surface area contributed by atoms with E-state index in [1.807, 2.05) is 13.0 Å². The zero-order valence-electron chi connectivity index (χ0n) is 25.1. The Bertz CT molecular complexity index is 1180. The average molecular weight is 594 g/mol. The number of nitrogens with zero attached hydrogens (tertiary/aromatic N) is 2. The third-order valence-corrected chi connectivity index (χ3v) is 12.9. The van der Waals surface area contributed by atoms with Crippen molar-refractivity contribution in [2.75, 3.05) is 26.6 Å². The summed E-state index contributed by atoms with van der Waals surface area (Å²) >= 11 is 1.62. The van der Waals surface area contributed by atoms with Crippen LogP contribution in [0.2, 0.25) is 18.1 Å². The maximum atomic E-state index is 13.0. The standard InChI is InChI=1S/C28H43N3O7SSi/c1-11-13-36-27(33)29-16-23-30-24(37-31-23)12-14-39-17-20-22(38-40(9,10)28(5,6)18(2)3)15-21(34-7)19(4)25(20)26(32)35-8/h11,15,18H,1,12-14,16-17H2,2-10H3,(H,29,33). The fraction of sp³-hybridized carbons (Fsp3) is 0.571. The van der Waals surface area contributed by atoms with Crippen LogP contribution in [0.1, 0.15) is 60.9 Å². The summed E-state index contributed by atoms with van der Waals surface area (Å²) in [6.07, 6.45) is 1.41. The lowest BCUT2D eigenvalue weighted by atomic mass is 9.99. The lowest BCUT2D eigenvalue weighted by molar-refractivity contribution is 0.0598. The summed E-state index contributed by atoms with van der Waals surface area (Å²) < 4.78 is 27.8. The molecule has 222 valence electrons. The second-order valence-electron chi connectivity index (χ2n) is 10.7. The highest BCUT2D eigenvalue weighted by atomic mass is 32.2. The van der Waals surface area contributed by atoms with Crippen molar-refractivity contribution in [1.82, 2.24) is 15.5 Å². The minimum absolute atomic E-state index is 0.0339. The number of aromatic nitrogens is 2. The van der Waals surface area contributed by atoms with Gasteiger partial charge in [-0.05, 0) is 31.0 Å². The molecule has 0 unspecified atom stereocenters. The van der Waals surface area contributed by atoms with Crippen LogP contribution in [0.15, 0.2) is 23.2 Å². The Kier molecular flexibility index (Phi) is 12.1. The third kappa shape index (κ3) is 8.26. The van der Waals surface area contributed by atoms with E-state index in [-0.39, 0.29) is 18.2 Å². The number of aryl methyl sites for hydroxylation is 1. The summed E-state index contributed by atoms with van der Waals surface area (Å²) in [6, 6.07) is 1.89. The molecule has 1 heterocycles. The largest absolute Gasteiger partial charge is 0.543 e. The van der Waals surface area contributed by atoms with E-state index in [1.54, 1.807) is 18.9 Å². The zero-order chi connectivity index (χ0) is 30.1. The molecular formula is C28H43N3O7SSi. The van der Waals surface area contributed by atoms with Crippen LogP contribution >= 0.6 is 11.8 Å². The van der Waals surface area contributed by atoms with Crippen LogP contribution in [-0.2, 0) is 28.2 Å². The average Bonchev–Trinajstić information content (AvgIpc) is 3.36. The molecule has 0 aliphatic heterocycles. The van der Waals surface area contributed by atoms with Gasteiger partial charge in [-0.2, -0.15) is 16.7 Å². The minimum Gasteiger partial charge on any atom is -0.543 e. The Balaban J connectivity index is 2.22. The smallest absolute Gasteiger partial charge is 0.407 e. The summed E-state index contributed by atoms with van der Waals surface area (Å²) in [5, 5.41) is 6.42. The number of alkyl carbamates (subject to hydrolysis) is 1. The molecule has 0 spiro atoms. The van der Waals surface area contributed by atoms with E-state index >= 15 is 0 Å². The number of methoxy groups -OCH3 is 2. The van der Waals surface area contributed by atoms with Crippen molar-refractivity contribution in [3.63, 3.8) is 0 Å². The Hall–Kier alpha value is -2.99. The molecule has 2 aromatic rings. The highest BCUT2D eigenvalue weighted by molar-refractivity contribution is 7.98. The summed E-state index contributed by atoms with van der Waals surface area (Å²) in [7, 11) is 0.657. The van der Waals surface area contributed by atoms with Gasteiger partial charge in [-0.1, -0.05) is 45.5 Å². The topological polar surface area (TPSA) is 122 Å². The number of ether oxygens (including phenoxy) is 3. The van der Waals surface area contributed by atoms with Crippen molar-refractivity contribution < 1.29 is 32.7 Å². The fourth-order valence-electron chi connectivity index (χ4n) is 3.85. The maximum absolute atomic E-state index is 13.0. The van der Waals surface area contributed by atoms with Crippen LogP contribution < -0.4 is 14.5 Å². The Labute approximate surface area is 242 Å². The van der Waals surface area contributed by atoms with Crippen LogP contribution in [0, 0.1) is 12.8 Å². The summed E-state index contributed by atoms with van der Waals surface area (Å²) in [4.78, 5) is 28.9. The first kappa shape index (κ1) is 33.2. The highest BCUT2D eigenvalue weighted by Crippen LogP contribution is 2.46. The SMILES string of the molecule is C=CCOC(=O)NCc1noc(CCSCc2c(O[Si](C)(C)C(C)(C)C(C)C)cc(OC)c(C)c2C(=O)OC)n1. The first-order valence-electron chi connectivity index (χ1n) is 13.2. The summed E-state index contributed by atoms with van der Waals surface area (Å²) in [5.41, 5.74) is 1.95. The van der Waals surface area contributed by atoms with E-state index < -0.39 is 20.4 Å². The number of rotatable bonds is 15. The van der Waals surface area contributed by atoms with Crippen LogP contribution in [0.25, 0.3) is 0 Å². The molecule has 1 N–H and O–H groups in total. The highest BCUT2D eigenvalue weighted by Gasteiger charge is 2.45. The Morgan fingerprint density at radius 3 is 2.55 bits per heavy atom. The third-order valence-electron chi connectivity index (χ3n) is 7.52. The molecule has 0 saturated heterocycles. The van der Waals surface area contributed by atoms with E-state index in [0.29, 0.717) is 58.2 Å². The first-order valence-corrected chi connectivity index (χ1v) is 17.2. The van der Waals surface area contributed by atoms with Gasteiger partial charge >= 0.3 is 12.1 Å². The van der Waals surface area contributed by atoms with Gasteiger partial charge in [0.25, 0.3) is 8.32 Å². The number of carbonyl (C=O) groups excluding carboxylic acids is 2. The summed E-state index contributed by atoms with van der Waals surface area (Å²) in [6.45, 7) is 18.9. The van der Waals surface area contributed by atoms with E-state index in [2.05, 4.69) is 62.8 Å². The van der Waals surface area contributed by atoms with Crippen LogP contribution in [0.4, 0.5) is 4.79 Å². The van der Waals surface area contributed by atoms with Crippen molar-refractivity contribution in [3.8, 4) is 11.5 Å². The Morgan fingerprint density at radius 2 is 1.95 bits per heavy atom. The van der Waals surface area contributed by atoms with Crippen LogP contribution in [0.5, 0.6) is 11.5 Å². The van der Waals surface area contributed by atoms with Gasteiger partial charge in [0.1, 0.15) is 18.1 Å². The number of thioether (sulfide) groups is 1. The van der Waals surface area contributed by atoms with Crippen LogP contribution in [0.3, 0.4) is 0 Å². The second kappa shape index (κ2) is 14.6. The zero-order valence-corrected chi connectivity index (χ0v) is 27.0. The number of hydrogen-bond donors (Lipinski definition) is 1. The number of esters is 1. The van der Waals surface area contributed by atoms with Gasteiger partial charge in [-0.25, -0.2) is 9.59 Å². The van der Waals surface area contributed by atoms with E-state index in [9.17, 15) is 9.59 Å². The molecule has 1 amide bonds. The molecule has 0 aliphatic carbocycles. The molecule has 0 radical (unpaired) electrons. The predicted molar refractivity (Wildman–Crippen MR) is 159 cm³/mol. The van der Waals surface area contributed by atoms with Crippen LogP contribution in [-0.4, -0.2) is 57.1 Å². The van der Waals surface area contributed by atoms with Gasteiger partial charge in [0.15, 0.2) is 5.82 Å². The second-order valence-corrected chi connectivity index (χ2v) is 16.3. The van der Waals surface area contributed by atoms with Gasteiger partial charge < -0.3 is 28.5 Å². The number of amides is 1. The predicted octanol–water partition coefficient (Wildman–Crippen LogP) is 6.08. The lowest BCUT2D eigenvalue weighted by Gasteiger charge is -2.43. The number of hydrogen-bond acceptors (Lipinski definition) is 10. The van der Waals surface area contributed by atoms with Gasteiger partial charge in [-0.3, -0.25) is 0 Å². The molecule has 0 fully saturated rings. The normalized spacial score (nSPS) is 11.8. The fourth-order valence-corrected chi connectivity index (χ4v) is 7.19. The maximum Gasteiger partial charge on any atom is 0.407 e. The summed E-state index contributed by atoms with van der Waals surface area (Å²) in [5.74, 6) is 3.17. The van der Waals surface area contributed by atoms with E-state index in [4.69, 9.17) is 23.2 Å². The van der Waals surface area contributed by atoms with E-state index in [1.165, 1.54) is 13.2 Å². The lowest BCUT2D eigenvalue weighted by Crippen LogP contribution is -2.48. The molecule has 1 aromatic heterocycles. The molecule has 0 bridgehead atoms. The van der Waals surface area contributed by atoms with Crippen molar-refractivity contribution >= 4 is 32.1 Å². The van der Waals surface area contributed by atoms with Gasteiger partial charge in [0.05, 0.1) is 26.3 Å². The molecule has 0 saturated carbocycles. The van der Waals surface area contributed by atoms with E-state index in [0.717, 1.165) is 5.56 Å². The molecule has 0 aliphatic rings. The monoisotopic (exact) mass is 593 g/mol. The molecule has 2 rings (SSSR count). The Morgan fingerprint density at radius 1 is 1.25 bits per heavy atom. The molecule has 0 atom stereocenters. The van der Waals surface area contributed by atoms with Gasteiger partial charge in [-0.15, -0.1) is 0 Å². The van der Waals surface area contributed by atoms with Gasteiger partial charge in [0.2, 0.25) is 5.89 Å². The van der Waals surface area contributed by atoms with Crippen molar-refractivity contribution in [3.05, 3.63) is 47.1 Å². The van der Waals surface area contributed by atoms with Crippen molar-refractivity contribution in [1.29, 1.82) is 0 Å². The molecule has 1 aromatic carbocycles. The number of carbonyl (C=O) groups is 2. The van der Waals surface area contributed by atoms with Crippen molar-refractivity contribution in [2.24, 2.45) is 5.92 Å². The first-order chi connectivity index (χ1) is 18.8. The quantitative estimate of drug-likeness (QED) is 0.112. The molecular weight excluding hydrogens is 550 g/mol. The number of nitrogens with one attached hydrogen (secondary N) is 1. The minimum atomic E-state index is -2.30.